The lowest BCUT2D eigenvalue weighted by Crippen LogP contribution is -2.33. The minimum absolute atomic E-state index is 0.0573. The SMILES string of the molecule is CC[C@@H](C)NC(=O)CSc1nc2ccccc2c(=O)n1CCCn1c(SCC(=O)N[C@H](C)CC)nc2ccccc2c1=O. The van der Waals surface area contributed by atoms with Crippen molar-refractivity contribution in [1.82, 2.24) is 29.7 Å². The van der Waals surface area contributed by atoms with Gasteiger partial charge in [-0.15, -0.1) is 0 Å². The summed E-state index contributed by atoms with van der Waals surface area (Å²) in [7, 11) is 0. The first kappa shape index (κ1) is 32.3. The number of hydrogen-bond acceptors (Lipinski definition) is 8. The number of benzene rings is 2. The lowest BCUT2D eigenvalue weighted by molar-refractivity contribution is -0.120. The van der Waals surface area contributed by atoms with Crippen LogP contribution in [-0.2, 0) is 22.7 Å². The Morgan fingerprint density at radius 3 is 1.51 bits per heavy atom. The number of aromatic nitrogens is 4. The molecule has 2 heterocycles. The van der Waals surface area contributed by atoms with Crippen LogP contribution in [-0.4, -0.2) is 54.5 Å². The van der Waals surface area contributed by atoms with Gasteiger partial charge < -0.3 is 10.6 Å². The predicted octanol–water partition coefficient (Wildman–Crippen LogP) is 4.21. The highest BCUT2D eigenvalue weighted by Crippen LogP contribution is 2.20. The Morgan fingerprint density at radius 2 is 1.12 bits per heavy atom. The lowest BCUT2D eigenvalue weighted by Gasteiger charge is -2.16. The number of nitrogens with zero attached hydrogens (tertiary/aromatic N) is 4. The molecule has 2 amide bonds. The Hall–Kier alpha value is -3.64. The van der Waals surface area contributed by atoms with E-state index in [0.717, 1.165) is 12.8 Å². The van der Waals surface area contributed by atoms with Gasteiger partial charge in [0.1, 0.15) is 0 Å². The highest BCUT2D eigenvalue weighted by atomic mass is 32.2. The van der Waals surface area contributed by atoms with E-state index in [4.69, 9.17) is 9.97 Å². The summed E-state index contributed by atoms with van der Waals surface area (Å²) in [5.41, 5.74) is 0.738. The van der Waals surface area contributed by atoms with E-state index in [1.807, 2.05) is 39.8 Å². The second-order valence-electron chi connectivity index (χ2n) is 10.4. The molecule has 4 aromatic rings. The minimum atomic E-state index is -0.198. The van der Waals surface area contributed by atoms with Gasteiger partial charge in [0.05, 0.1) is 33.3 Å². The number of rotatable bonds is 14. The molecule has 0 saturated heterocycles. The molecule has 228 valence electrons. The smallest absolute Gasteiger partial charge is 0.262 e. The molecule has 10 nitrogen and oxygen atoms in total. The average molecular weight is 623 g/mol. The molecule has 0 unspecified atom stereocenters. The fourth-order valence-electron chi connectivity index (χ4n) is 4.39. The molecule has 2 atom stereocenters. The first-order valence-electron chi connectivity index (χ1n) is 14.5. The van der Waals surface area contributed by atoms with Crippen LogP contribution in [0.3, 0.4) is 0 Å². The number of para-hydroxylation sites is 2. The Bertz CT molecular complexity index is 1600. The van der Waals surface area contributed by atoms with Crippen LogP contribution in [0.2, 0.25) is 0 Å². The average Bonchev–Trinajstić information content (AvgIpc) is 3.01. The van der Waals surface area contributed by atoms with Gasteiger partial charge in [-0.2, -0.15) is 0 Å². The lowest BCUT2D eigenvalue weighted by atomic mass is 10.2. The zero-order chi connectivity index (χ0) is 30.9. The predicted molar refractivity (Wildman–Crippen MR) is 174 cm³/mol. The van der Waals surface area contributed by atoms with E-state index in [9.17, 15) is 19.2 Å². The van der Waals surface area contributed by atoms with Crippen LogP contribution >= 0.6 is 23.5 Å². The van der Waals surface area contributed by atoms with Crippen molar-refractivity contribution in [2.75, 3.05) is 11.5 Å². The van der Waals surface area contributed by atoms with Gasteiger partial charge >= 0.3 is 0 Å². The quantitative estimate of drug-likeness (QED) is 0.158. The third-order valence-corrected chi connectivity index (χ3v) is 9.07. The van der Waals surface area contributed by atoms with Crippen LogP contribution in [0.25, 0.3) is 21.8 Å². The topological polar surface area (TPSA) is 128 Å². The molecule has 12 heteroatoms. The van der Waals surface area contributed by atoms with Crippen molar-refractivity contribution in [2.24, 2.45) is 0 Å². The summed E-state index contributed by atoms with van der Waals surface area (Å²) in [5, 5.41) is 7.77. The van der Waals surface area contributed by atoms with Crippen molar-refractivity contribution >= 4 is 57.1 Å². The van der Waals surface area contributed by atoms with Crippen molar-refractivity contribution < 1.29 is 9.59 Å². The first-order chi connectivity index (χ1) is 20.7. The molecule has 4 rings (SSSR count). The van der Waals surface area contributed by atoms with E-state index in [1.165, 1.54) is 23.5 Å². The van der Waals surface area contributed by atoms with E-state index >= 15 is 0 Å². The summed E-state index contributed by atoms with van der Waals surface area (Å²) in [5.74, 6) is 0.00740. The number of fused-ring (bicyclic) bond motifs is 2. The maximum Gasteiger partial charge on any atom is 0.262 e. The molecule has 2 aromatic heterocycles. The summed E-state index contributed by atoms with van der Waals surface area (Å²) in [4.78, 5) is 61.5. The highest BCUT2D eigenvalue weighted by Gasteiger charge is 2.17. The maximum atomic E-state index is 13.5. The molecule has 0 saturated carbocycles. The van der Waals surface area contributed by atoms with Crippen molar-refractivity contribution in [2.45, 2.75) is 82.4 Å². The first-order valence-corrected chi connectivity index (χ1v) is 16.5. The fourth-order valence-corrected chi connectivity index (χ4v) is 6.07. The maximum absolute atomic E-state index is 13.5. The molecule has 0 fully saturated rings. The second kappa shape index (κ2) is 15.2. The molecule has 0 bridgehead atoms. The molecule has 0 aliphatic heterocycles. The summed E-state index contributed by atoms with van der Waals surface area (Å²) in [6, 6.07) is 14.4. The highest BCUT2D eigenvalue weighted by molar-refractivity contribution is 8.00. The normalized spacial score (nSPS) is 12.7. The number of carbonyl (C=O) groups excluding carboxylic acids is 2. The Kier molecular flexibility index (Phi) is 11.4. The number of hydrogen-bond donors (Lipinski definition) is 2. The summed E-state index contributed by atoms with van der Waals surface area (Å²) >= 11 is 2.44. The van der Waals surface area contributed by atoms with Gasteiger partial charge in [0.2, 0.25) is 11.8 Å². The molecular formula is C31H38N6O4S2. The van der Waals surface area contributed by atoms with Crippen LogP contribution in [0.5, 0.6) is 0 Å². The zero-order valence-corrected chi connectivity index (χ0v) is 26.6. The van der Waals surface area contributed by atoms with Gasteiger partial charge in [0.15, 0.2) is 10.3 Å². The Labute approximate surface area is 259 Å². The largest absolute Gasteiger partial charge is 0.353 e. The van der Waals surface area contributed by atoms with Gasteiger partial charge in [-0.05, 0) is 57.4 Å². The van der Waals surface area contributed by atoms with Crippen molar-refractivity contribution in [3.05, 3.63) is 69.2 Å². The van der Waals surface area contributed by atoms with Gasteiger partial charge in [0, 0.05) is 25.2 Å². The van der Waals surface area contributed by atoms with Crippen molar-refractivity contribution in [3.63, 3.8) is 0 Å². The van der Waals surface area contributed by atoms with E-state index in [0.29, 0.717) is 38.5 Å². The molecular weight excluding hydrogens is 585 g/mol. The molecule has 0 spiro atoms. The molecule has 2 aromatic carbocycles. The monoisotopic (exact) mass is 622 g/mol. The van der Waals surface area contributed by atoms with Crippen LogP contribution in [0, 0.1) is 0 Å². The molecule has 2 N–H and O–H groups in total. The Morgan fingerprint density at radius 1 is 0.721 bits per heavy atom. The number of carbonyl (C=O) groups is 2. The van der Waals surface area contributed by atoms with Gasteiger partial charge in [-0.1, -0.05) is 61.6 Å². The van der Waals surface area contributed by atoms with Crippen LogP contribution in [0.4, 0.5) is 0 Å². The molecule has 0 radical (unpaired) electrons. The zero-order valence-electron chi connectivity index (χ0n) is 25.0. The molecule has 0 aliphatic carbocycles. The summed E-state index contributed by atoms with van der Waals surface area (Å²) < 4.78 is 3.16. The van der Waals surface area contributed by atoms with E-state index in [1.54, 1.807) is 45.5 Å². The van der Waals surface area contributed by atoms with Gasteiger partial charge in [0.25, 0.3) is 11.1 Å². The van der Waals surface area contributed by atoms with Gasteiger partial charge in [-0.25, -0.2) is 9.97 Å². The van der Waals surface area contributed by atoms with E-state index < -0.39 is 0 Å². The Balaban J connectivity index is 1.59. The van der Waals surface area contributed by atoms with E-state index in [2.05, 4.69) is 10.6 Å². The third-order valence-electron chi connectivity index (χ3n) is 7.12. The summed E-state index contributed by atoms with van der Waals surface area (Å²) in [6.07, 6.45) is 2.07. The van der Waals surface area contributed by atoms with Crippen LogP contribution in [0.15, 0.2) is 68.4 Å². The van der Waals surface area contributed by atoms with Crippen molar-refractivity contribution in [3.8, 4) is 0 Å². The number of amides is 2. The fraction of sp³-hybridized carbons (Fsp3) is 0.419. The summed E-state index contributed by atoms with van der Waals surface area (Å²) in [6.45, 7) is 8.46. The third kappa shape index (κ3) is 8.26. The standard InChI is InChI=1S/C31H38N6O4S2/c1-5-20(3)32-26(38)18-42-30-34-24-14-9-7-12-22(24)28(40)36(30)16-11-17-37-29(41)23-13-8-10-15-25(23)35-31(37)43-19-27(39)33-21(4)6-2/h7-10,12-15,20-21H,5-6,11,16-19H2,1-4H3,(H,32,38)(H,33,39)/t20-,21-/m1/s1. The minimum Gasteiger partial charge on any atom is -0.353 e. The molecule has 0 aliphatic rings. The number of nitrogens with one attached hydrogen (secondary N) is 2. The van der Waals surface area contributed by atoms with Crippen LogP contribution in [0.1, 0.15) is 47.0 Å². The number of thioether (sulfide) groups is 2. The van der Waals surface area contributed by atoms with Crippen molar-refractivity contribution in [1.29, 1.82) is 0 Å². The second-order valence-corrected chi connectivity index (χ2v) is 12.3. The van der Waals surface area contributed by atoms with Crippen LogP contribution < -0.4 is 21.8 Å². The van der Waals surface area contributed by atoms with E-state index in [-0.39, 0.29) is 59.6 Å². The molecule has 43 heavy (non-hydrogen) atoms. The van der Waals surface area contributed by atoms with Gasteiger partial charge in [-0.3, -0.25) is 28.3 Å².